The number of carboxylic acid groups (broad SMARTS) is 1. The van der Waals surface area contributed by atoms with Gasteiger partial charge >= 0.3 is 0 Å². The summed E-state index contributed by atoms with van der Waals surface area (Å²) in [5.41, 5.74) is 3.09. The van der Waals surface area contributed by atoms with Crippen LogP contribution in [0.5, 0.6) is 5.75 Å². The van der Waals surface area contributed by atoms with E-state index in [1.807, 2.05) is 24.3 Å². The first-order valence-electron chi connectivity index (χ1n) is 7.42. The zero-order valence-electron chi connectivity index (χ0n) is 13.4. The van der Waals surface area contributed by atoms with Crippen molar-refractivity contribution in [2.75, 3.05) is 7.11 Å². The van der Waals surface area contributed by atoms with Crippen LogP contribution < -0.4 is 10.3 Å². The molecule has 0 aliphatic heterocycles. The molecule has 0 spiro atoms. The van der Waals surface area contributed by atoms with Crippen LogP contribution in [0, 0.1) is 0 Å². The molecule has 3 N–H and O–H groups in total. The van der Waals surface area contributed by atoms with Crippen LogP contribution in [-0.2, 0) is 11.3 Å². The number of hydrogen-bond acceptors (Lipinski definition) is 4. The summed E-state index contributed by atoms with van der Waals surface area (Å²) in [5.74, 6) is 0.810. The molecule has 0 radical (unpaired) electrons. The summed E-state index contributed by atoms with van der Waals surface area (Å²) in [4.78, 5) is 31.3. The molecular weight excluding hydrogens is 324 g/mol. The van der Waals surface area contributed by atoms with E-state index < -0.39 is 0 Å². The summed E-state index contributed by atoms with van der Waals surface area (Å²) in [7, 11) is 1.64. The second kappa shape index (κ2) is 6.91. The number of ether oxygens (including phenoxy) is 1. The van der Waals surface area contributed by atoms with Crippen LogP contribution in [-0.4, -0.2) is 38.2 Å². The number of aromatic amines is 2. The van der Waals surface area contributed by atoms with Crippen molar-refractivity contribution in [1.82, 2.24) is 19.5 Å². The summed E-state index contributed by atoms with van der Waals surface area (Å²) in [6.07, 6.45) is 3.29. The van der Waals surface area contributed by atoms with Crippen molar-refractivity contribution in [2.24, 2.45) is 0 Å². The molecule has 0 saturated carbocycles. The molecule has 4 rings (SSSR count). The Morgan fingerprint density at radius 1 is 1.32 bits per heavy atom. The van der Waals surface area contributed by atoms with Gasteiger partial charge in [-0.1, -0.05) is 0 Å². The minimum Gasteiger partial charge on any atom is -0.497 e. The molecule has 128 valence electrons. The summed E-state index contributed by atoms with van der Waals surface area (Å²) in [6, 6.07) is 9.64. The quantitative estimate of drug-likeness (QED) is 0.494. The molecular formula is C17H16N4O4. The van der Waals surface area contributed by atoms with Crippen LogP contribution in [0.15, 0.2) is 47.7 Å². The summed E-state index contributed by atoms with van der Waals surface area (Å²) >= 11 is 0. The first kappa shape index (κ1) is 16.3. The molecule has 0 unspecified atom stereocenters. The fourth-order valence-corrected chi connectivity index (χ4v) is 2.65. The van der Waals surface area contributed by atoms with E-state index in [0.29, 0.717) is 17.6 Å². The van der Waals surface area contributed by atoms with Gasteiger partial charge in [-0.25, -0.2) is 4.98 Å². The Labute approximate surface area is 141 Å². The minimum atomic E-state index is -0.250. The van der Waals surface area contributed by atoms with Gasteiger partial charge in [-0.05, 0) is 30.3 Å². The molecule has 0 amide bonds. The highest BCUT2D eigenvalue weighted by Crippen LogP contribution is 2.21. The highest BCUT2D eigenvalue weighted by Gasteiger charge is 2.07. The topological polar surface area (TPSA) is 113 Å². The Kier molecular flexibility index (Phi) is 4.51. The normalized spacial score (nSPS) is 10.4. The Morgan fingerprint density at radius 2 is 2.12 bits per heavy atom. The van der Waals surface area contributed by atoms with Crippen molar-refractivity contribution in [3.05, 3.63) is 58.9 Å². The molecule has 3 aromatic heterocycles. The van der Waals surface area contributed by atoms with Gasteiger partial charge in [0.1, 0.15) is 11.3 Å². The third-order valence-corrected chi connectivity index (χ3v) is 3.76. The number of benzene rings is 1. The van der Waals surface area contributed by atoms with Crippen LogP contribution in [0.1, 0.15) is 5.69 Å². The second-order valence-electron chi connectivity index (χ2n) is 5.27. The standard InChI is InChI=1S/C16H14N4O2.CH2O2/c1-22-12-2-3-13-10(7-12)6-11(19-13)8-20-9-18-14-4-5-17-15(14)16(20)21;2-1-3/h2-7,9,17,19H,8H2,1H3;1H,(H,2,3). The zero-order chi connectivity index (χ0) is 17.8. The first-order valence-corrected chi connectivity index (χ1v) is 7.42. The number of H-pyrrole nitrogens is 2. The van der Waals surface area contributed by atoms with Gasteiger partial charge in [0.2, 0.25) is 0 Å². The van der Waals surface area contributed by atoms with Gasteiger partial charge in [0.05, 0.1) is 25.5 Å². The molecule has 0 bridgehead atoms. The monoisotopic (exact) mass is 340 g/mol. The van der Waals surface area contributed by atoms with Crippen LogP contribution in [0.2, 0.25) is 0 Å². The van der Waals surface area contributed by atoms with Crippen LogP contribution >= 0.6 is 0 Å². The third-order valence-electron chi connectivity index (χ3n) is 3.76. The van der Waals surface area contributed by atoms with E-state index in [1.54, 1.807) is 30.3 Å². The number of methoxy groups -OCH3 is 1. The Hall–Kier alpha value is -3.55. The summed E-state index contributed by atoms with van der Waals surface area (Å²) in [5, 5.41) is 7.94. The lowest BCUT2D eigenvalue weighted by Crippen LogP contribution is -2.21. The highest BCUT2D eigenvalue weighted by molar-refractivity contribution is 5.82. The molecule has 8 heteroatoms. The fourth-order valence-electron chi connectivity index (χ4n) is 2.65. The van der Waals surface area contributed by atoms with Gasteiger partial charge < -0.3 is 19.8 Å². The zero-order valence-corrected chi connectivity index (χ0v) is 13.4. The molecule has 8 nitrogen and oxygen atoms in total. The largest absolute Gasteiger partial charge is 0.497 e. The van der Waals surface area contributed by atoms with Crippen molar-refractivity contribution < 1.29 is 14.6 Å². The number of rotatable bonds is 3. The first-order chi connectivity index (χ1) is 12.2. The Balaban J connectivity index is 0.000000569. The third kappa shape index (κ3) is 3.23. The average molecular weight is 340 g/mol. The predicted octanol–water partition coefficient (Wildman–Crippen LogP) is 1.96. The van der Waals surface area contributed by atoms with Crippen LogP contribution in [0.4, 0.5) is 0 Å². The molecule has 3 heterocycles. The van der Waals surface area contributed by atoms with Gasteiger partial charge in [-0.3, -0.25) is 14.2 Å². The Morgan fingerprint density at radius 3 is 2.88 bits per heavy atom. The lowest BCUT2D eigenvalue weighted by atomic mass is 10.2. The molecule has 0 fully saturated rings. The average Bonchev–Trinajstić information content (AvgIpc) is 3.24. The number of nitrogens with one attached hydrogen (secondary N) is 2. The van der Waals surface area contributed by atoms with Crippen LogP contribution in [0.3, 0.4) is 0 Å². The minimum absolute atomic E-state index is 0.0776. The van der Waals surface area contributed by atoms with Crippen molar-refractivity contribution in [2.45, 2.75) is 6.54 Å². The van der Waals surface area contributed by atoms with E-state index in [1.165, 1.54) is 0 Å². The van der Waals surface area contributed by atoms with Crippen molar-refractivity contribution >= 4 is 28.4 Å². The number of nitrogens with zero attached hydrogens (tertiary/aromatic N) is 2. The van der Waals surface area contributed by atoms with Gasteiger partial charge in [0.25, 0.3) is 12.0 Å². The van der Waals surface area contributed by atoms with Crippen molar-refractivity contribution in [3.8, 4) is 5.75 Å². The lowest BCUT2D eigenvalue weighted by Gasteiger charge is -2.03. The Bertz CT molecular complexity index is 1080. The van der Waals surface area contributed by atoms with Crippen molar-refractivity contribution in [1.29, 1.82) is 0 Å². The lowest BCUT2D eigenvalue weighted by molar-refractivity contribution is -0.122. The maximum atomic E-state index is 12.4. The molecule has 4 aromatic rings. The maximum Gasteiger partial charge on any atom is 0.290 e. The van der Waals surface area contributed by atoms with E-state index in [9.17, 15) is 4.79 Å². The molecule has 25 heavy (non-hydrogen) atoms. The van der Waals surface area contributed by atoms with Gasteiger partial charge in [0, 0.05) is 22.8 Å². The summed E-state index contributed by atoms with van der Waals surface area (Å²) < 4.78 is 6.81. The van der Waals surface area contributed by atoms with Crippen LogP contribution in [0.25, 0.3) is 21.9 Å². The number of hydrogen-bond donors (Lipinski definition) is 3. The highest BCUT2D eigenvalue weighted by atomic mass is 16.5. The van der Waals surface area contributed by atoms with E-state index in [4.69, 9.17) is 14.6 Å². The molecule has 1 aromatic carbocycles. The number of aromatic nitrogens is 4. The number of fused-ring (bicyclic) bond motifs is 2. The SMILES string of the molecule is COc1ccc2[nH]c(Cn3cnc4cc[nH]c4c3=O)cc2c1.O=CO. The van der Waals surface area contributed by atoms with E-state index in [2.05, 4.69) is 15.0 Å². The smallest absolute Gasteiger partial charge is 0.290 e. The van der Waals surface area contributed by atoms with Gasteiger partial charge in [-0.15, -0.1) is 0 Å². The maximum absolute atomic E-state index is 12.4. The molecule has 0 aliphatic rings. The van der Waals surface area contributed by atoms with E-state index in [-0.39, 0.29) is 12.0 Å². The van der Waals surface area contributed by atoms with E-state index >= 15 is 0 Å². The van der Waals surface area contributed by atoms with E-state index in [0.717, 1.165) is 22.3 Å². The second-order valence-corrected chi connectivity index (χ2v) is 5.27. The van der Waals surface area contributed by atoms with Gasteiger partial charge in [-0.2, -0.15) is 0 Å². The predicted molar refractivity (Wildman–Crippen MR) is 93.0 cm³/mol. The molecule has 0 aliphatic carbocycles. The molecule has 0 saturated heterocycles. The summed E-state index contributed by atoms with van der Waals surface area (Å²) in [6.45, 7) is 0.192. The van der Waals surface area contributed by atoms with Gasteiger partial charge in [0.15, 0.2) is 0 Å². The fraction of sp³-hybridized carbons (Fsp3) is 0.118. The van der Waals surface area contributed by atoms with Crippen molar-refractivity contribution in [3.63, 3.8) is 0 Å². The molecule has 0 atom stereocenters. The number of carbonyl (C=O) groups is 1.